The summed E-state index contributed by atoms with van der Waals surface area (Å²) in [6.45, 7) is 18.8. The molecule has 0 spiro atoms. The summed E-state index contributed by atoms with van der Waals surface area (Å²) in [4.78, 5) is 149. The number of ether oxygens (including phenoxy) is 1. The quantitative estimate of drug-likeness (QED) is 0.0348. The number of nitrogens with one attached hydrogen (secondary N) is 1. The third kappa shape index (κ3) is 15.4. The van der Waals surface area contributed by atoms with Crippen LogP contribution in [-0.2, 0) is 76.4 Å². The van der Waals surface area contributed by atoms with Crippen LogP contribution >= 0.6 is 7.82 Å². The summed E-state index contributed by atoms with van der Waals surface area (Å²) in [5.41, 5.74) is 36.3. The number of phosphoric acid groups is 1. The number of aryl methyl sites for hydroxylation is 2. The van der Waals surface area contributed by atoms with E-state index in [-0.39, 0.29) is 110 Å². The second kappa shape index (κ2) is 30.2. The minimum Gasteiger partial charge on any atom is -0.279 e. The molecule has 7 aliphatic heterocycles. The summed E-state index contributed by atoms with van der Waals surface area (Å²) in [7, 11) is -5.35. The third-order valence-corrected chi connectivity index (χ3v) is 24.0. The molecule has 9 rings (SSSR count). The molecule has 9 amide bonds. The fraction of sp³-hybridized carbons (Fsp3) is 0.612. The summed E-state index contributed by atoms with van der Waals surface area (Å²) < 4.78 is 33.7. The number of aromatic nitrogens is 2. The van der Waals surface area contributed by atoms with E-state index in [1.54, 1.807) is 37.7 Å². The van der Waals surface area contributed by atoms with E-state index in [4.69, 9.17) is 68.4 Å². The van der Waals surface area contributed by atoms with Crippen LogP contribution in [0.2, 0.25) is 0 Å². The molecule has 101 heavy (non-hydrogen) atoms. The predicted octanol–water partition coefficient (Wildman–Crippen LogP) is 2.25. The van der Waals surface area contributed by atoms with Gasteiger partial charge in [-0.25, -0.2) is 4.98 Å². The van der Waals surface area contributed by atoms with E-state index in [0.29, 0.717) is 56.4 Å². The number of aliphatic hydroxyl groups is 2. The van der Waals surface area contributed by atoms with Crippen molar-refractivity contribution in [2.45, 2.75) is 202 Å². The predicted molar refractivity (Wildman–Crippen MR) is 359 cm³/mol. The minimum absolute atomic E-state index is 0.0111. The number of imide groups is 1. The molecule has 32 nitrogen and oxygen atoms in total. The van der Waals surface area contributed by atoms with Crippen LogP contribution in [-0.4, -0.2) is 153 Å². The van der Waals surface area contributed by atoms with Crippen molar-refractivity contribution in [3.63, 3.8) is 0 Å². The number of carbonyl (C=O) groups is 9. The number of fused-ring (bicyclic) bond motifs is 7. The van der Waals surface area contributed by atoms with Crippen molar-refractivity contribution in [2.75, 3.05) is 13.2 Å². The topological polar surface area (TPSA) is 535 Å². The van der Waals surface area contributed by atoms with Gasteiger partial charge in [0.25, 0.3) is 19.6 Å². The molecule has 3 fully saturated rings. The number of carbonyl (C=O) groups excluding carboxylic acids is 9. The number of nitriles is 1. The first kappa shape index (κ1) is 78.8. The minimum atomic E-state index is -5.35. The number of phosphoric ester groups is 1. The van der Waals surface area contributed by atoms with Crippen molar-refractivity contribution in [1.29, 1.82) is 5.26 Å². The Balaban J connectivity index is 0.00000151. The van der Waals surface area contributed by atoms with E-state index in [0.717, 1.165) is 11.1 Å². The Bertz CT molecular complexity index is 4010. The summed E-state index contributed by atoms with van der Waals surface area (Å²) >= 11 is 0.0230. The SMILES string of the molecule is C/C1=C2N=C(/C=C3N=C(/C(C)=C4/[C@@H](CCC(N)=O)[C@](C)(CC(N)=O)[C@](C)([C@@H]5N=C1[C@](C)(CCC(=O)NCC(C)OP(=O)([O-])O[C@H]1[C@@H](O)[C@@H](n6cnc7cc(C)c(C)cc76)O[C@@H]1CO)[C@H]5CC(N)=O)[N]4[Co+][C]#N)[C@@](C)(CC(N)=O)[C@@H]\3CCC(N)=O)C(C)(C)[C@@H]/2CCC(N)=O.O=C1CCC(=O)N1O. The number of nitrogens with two attached hydrogens (primary N) is 6. The molecule has 3 saturated heterocycles. The van der Waals surface area contributed by atoms with Gasteiger partial charge in [0.1, 0.15) is 18.3 Å². The molecule has 8 bridgehead atoms. The van der Waals surface area contributed by atoms with Crippen LogP contribution in [0.3, 0.4) is 0 Å². The van der Waals surface area contributed by atoms with Gasteiger partial charge in [0.05, 0.1) is 24.0 Å². The molecule has 1 aromatic carbocycles. The number of primary amides is 6. The van der Waals surface area contributed by atoms with Gasteiger partial charge in [-0.15, -0.1) is 0 Å². The number of allylic oxidation sites excluding steroid dienone is 6. The van der Waals surface area contributed by atoms with Gasteiger partial charge < -0.3 is 28.9 Å². The summed E-state index contributed by atoms with van der Waals surface area (Å²) in [6.07, 6.45) is -5.09. The van der Waals surface area contributed by atoms with Crippen LogP contribution in [0.4, 0.5) is 0 Å². The standard InChI is InChI=1S/C62H90N13O14P.C4H5NO3.CN.Co/c1-29-20-39-40(21-30(29)2)75(28-70-39)57-52(84)53(41(27-76)87-57)89-90(85,86)88-31(3)26-69-49(83)18-19-59(8)37(22-46(66)80)56-62(11)61(10,25-48(68)82)36(14-17-45(65)79)51(74-62)33(5)55-60(9,24-47(67)81)34(12-15-43(63)77)38(71-55)23-42-58(6,7)35(13-16-44(64)78)50(72-42)32(4)54(59)73-56;6-3-1-2-4(7)5(3)8;1-2;/h20-21,23,28,31,34-37,41,52-53,56-57,76,84H,12-19,22,24-27H2,1-11H3,(H15,63,64,65,66,67,68,69,71,72,73,74,77,78,79,80,81,82,83,85,86);8H,1-2H2;;/q;;;+2/p-2/t31?,34-,35-,36-,37+,41-,52-,53-,56-,57+,59-,60+,61+,62+;;;/m1.../s1. The second-order valence-corrected chi connectivity index (χ2v) is 31.1. The number of hydrogen-bond acceptors (Lipinski definition) is 23. The smallest absolute Gasteiger partial charge is 0.279 e. The average molecular weight is 1470 g/mol. The van der Waals surface area contributed by atoms with E-state index in [1.807, 2.05) is 53.7 Å². The van der Waals surface area contributed by atoms with Crippen molar-refractivity contribution < 1.29 is 96.7 Å². The van der Waals surface area contributed by atoms with Gasteiger partial charge >= 0.3 is 417 Å². The number of benzene rings is 1. The Morgan fingerprint density at radius 2 is 1.40 bits per heavy atom. The molecule has 0 radical (unpaired) electrons. The number of rotatable bonds is 27. The fourth-order valence-electron chi connectivity index (χ4n) is 16.3. The number of aliphatic hydroxyl groups excluding tert-OH is 2. The maximum absolute atomic E-state index is 14.5. The van der Waals surface area contributed by atoms with Gasteiger partial charge in [0.15, 0.2) is 6.23 Å². The van der Waals surface area contributed by atoms with Crippen LogP contribution in [0.15, 0.2) is 67.8 Å². The van der Waals surface area contributed by atoms with Crippen LogP contribution in [0.1, 0.15) is 163 Å². The number of nitrogens with zero attached hydrogens (tertiary/aromatic N) is 8. The van der Waals surface area contributed by atoms with Crippen LogP contribution < -0.4 is 44.6 Å². The Labute approximate surface area is 591 Å². The molecule has 1 aromatic heterocycles. The van der Waals surface area contributed by atoms with Gasteiger partial charge in [-0.3, -0.25) is 19.4 Å². The maximum atomic E-state index is 14.5. The normalized spacial score (nSPS) is 32.5. The summed E-state index contributed by atoms with van der Waals surface area (Å²) in [5, 5.41) is 46.5. The first-order valence-electron chi connectivity index (χ1n) is 33.3. The molecule has 2 aromatic rings. The van der Waals surface area contributed by atoms with E-state index >= 15 is 0 Å². The third-order valence-electron chi connectivity index (χ3n) is 21.8. The Morgan fingerprint density at radius 1 is 0.812 bits per heavy atom. The zero-order valence-electron chi connectivity index (χ0n) is 58.6. The molecular formula is C67H93CoN15O17P. The molecule has 0 saturated carbocycles. The van der Waals surface area contributed by atoms with Crippen LogP contribution in [0, 0.1) is 69.4 Å². The zero-order chi connectivity index (χ0) is 75.1. The van der Waals surface area contributed by atoms with Crippen molar-refractivity contribution >= 4 is 89.2 Å². The van der Waals surface area contributed by atoms with E-state index in [9.17, 15) is 68.1 Å². The molecule has 34 heteroatoms. The van der Waals surface area contributed by atoms with Gasteiger partial charge in [0, 0.05) is 12.8 Å². The molecular weight excluding hydrogens is 1380 g/mol. The fourth-order valence-corrected chi connectivity index (χ4v) is 18.6. The van der Waals surface area contributed by atoms with E-state index in [1.165, 1.54) is 17.8 Å². The van der Waals surface area contributed by atoms with Gasteiger partial charge in [-0.1, -0.05) is 0 Å². The van der Waals surface area contributed by atoms with Crippen molar-refractivity contribution in [3.8, 4) is 5.00 Å². The van der Waals surface area contributed by atoms with Gasteiger partial charge in [0.2, 0.25) is 0 Å². The van der Waals surface area contributed by atoms with Crippen molar-refractivity contribution in [2.24, 2.45) is 94.7 Å². The van der Waals surface area contributed by atoms with E-state index < -0.39 is 155 Å². The Morgan fingerprint density at radius 3 is 1.94 bits per heavy atom. The van der Waals surface area contributed by atoms with E-state index in [2.05, 4.69) is 15.3 Å². The first-order valence-corrected chi connectivity index (χ1v) is 35.7. The van der Waals surface area contributed by atoms with Crippen molar-refractivity contribution in [1.82, 2.24) is 23.9 Å². The Hall–Kier alpha value is -7.90. The zero-order valence-corrected chi connectivity index (χ0v) is 60.5. The molecule has 8 heterocycles. The number of amides is 9. The summed E-state index contributed by atoms with van der Waals surface area (Å²) in [5.74, 6) is -8.89. The van der Waals surface area contributed by atoms with Crippen LogP contribution in [0.5, 0.6) is 0 Å². The molecule has 0 aliphatic carbocycles. The van der Waals surface area contributed by atoms with Gasteiger partial charge in [-0.05, 0) is 37.1 Å². The molecule has 552 valence electrons. The van der Waals surface area contributed by atoms with Crippen LogP contribution in [0.25, 0.3) is 11.0 Å². The number of imidazole rings is 1. The molecule has 16 N–H and O–H groups in total. The van der Waals surface area contributed by atoms with Gasteiger partial charge in [-0.2, -0.15) is 5.06 Å². The first-order chi connectivity index (χ1) is 47.0. The average Bonchev–Trinajstić information content (AvgIpc) is 1.52. The molecule has 2 unspecified atom stereocenters. The monoisotopic (exact) mass is 1470 g/mol. The van der Waals surface area contributed by atoms with Crippen molar-refractivity contribution in [3.05, 3.63) is 63.9 Å². The Kier molecular flexibility index (Phi) is 23.6. The number of hydrogen-bond donors (Lipinski definition) is 10. The number of aliphatic imine (C=N–C) groups is 3. The number of hydroxylamine groups is 2. The second-order valence-electron chi connectivity index (χ2n) is 28.9. The molecule has 7 aliphatic rings. The molecule has 15 atom stereocenters. The summed E-state index contributed by atoms with van der Waals surface area (Å²) in [6, 6.07) is 2.56.